The van der Waals surface area contributed by atoms with E-state index in [1.54, 1.807) is 12.4 Å². The average Bonchev–Trinajstić information content (AvgIpc) is 2.93. The molecular formula is C12H12Cl2N4O2. The molecule has 0 saturated heterocycles. The average molecular weight is 315 g/mol. The van der Waals surface area contributed by atoms with Crippen LogP contribution in [0.5, 0.6) is 0 Å². The summed E-state index contributed by atoms with van der Waals surface area (Å²) in [6.07, 6.45) is 4.02. The van der Waals surface area contributed by atoms with Gasteiger partial charge in [-0.25, -0.2) is 4.98 Å². The first-order chi connectivity index (χ1) is 9.52. The number of anilines is 1. The Morgan fingerprint density at radius 3 is 2.70 bits per heavy atom. The first-order valence-corrected chi connectivity index (χ1v) is 6.67. The van der Waals surface area contributed by atoms with Crippen LogP contribution in [-0.2, 0) is 0 Å². The summed E-state index contributed by atoms with van der Waals surface area (Å²) in [7, 11) is 0. The Hall–Kier alpha value is -1.79. The van der Waals surface area contributed by atoms with E-state index in [2.05, 4.69) is 15.3 Å². The Balaban J connectivity index is 2.37. The molecule has 2 N–H and O–H groups in total. The van der Waals surface area contributed by atoms with E-state index in [0.29, 0.717) is 17.9 Å². The number of halogens is 2. The van der Waals surface area contributed by atoms with E-state index in [1.165, 1.54) is 12.1 Å². The van der Waals surface area contributed by atoms with Gasteiger partial charge >= 0.3 is 0 Å². The third kappa shape index (κ3) is 3.02. The van der Waals surface area contributed by atoms with Gasteiger partial charge in [-0.2, -0.15) is 0 Å². The van der Waals surface area contributed by atoms with Gasteiger partial charge in [0.1, 0.15) is 11.5 Å². The Morgan fingerprint density at radius 1 is 1.45 bits per heavy atom. The van der Waals surface area contributed by atoms with Crippen molar-refractivity contribution in [2.75, 3.05) is 5.32 Å². The largest absolute Gasteiger partial charge is 0.370 e. The Morgan fingerprint density at radius 2 is 2.15 bits per heavy atom. The number of hydrogen-bond donors (Lipinski definition) is 2. The number of nitro benzene ring substituents is 1. The molecule has 1 heterocycles. The number of nitro groups is 1. The van der Waals surface area contributed by atoms with Gasteiger partial charge in [-0.1, -0.05) is 30.1 Å². The first kappa shape index (κ1) is 14.6. The lowest BCUT2D eigenvalue weighted by atomic mass is 10.2. The zero-order valence-corrected chi connectivity index (χ0v) is 12.1. The molecule has 2 aromatic rings. The van der Waals surface area contributed by atoms with E-state index in [4.69, 9.17) is 23.2 Å². The van der Waals surface area contributed by atoms with Crippen molar-refractivity contribution in [3.63, 3.8) is 0 Å². The number of hydrogen-bond acceptors (Lipinski definition) is 4. The van der Waals surface area contributed by atoms with Crippen molar-refractivity contribution in [1.82, 2.24) is 9.97 Å². The molecule has 20 heavy (non-hydrogen) atoms. The van der Waals surface area contributed by atoms with Gasteiger partial charge in [0.05, 0.1) is 21.0 Å². The number of aromatic nitrogens is 2. The molecule has 1 aromatic carbocycles. The zero-order chi connectivity index (χ0) is 14.7. The maximum atomic E-state index is 11.1. The maximum Gasteiger partial charge on any atom is 0.293 e. The van der Waals surface area contributed by atoms with Crippen LogP contribution in [0.25, 0.3) is 0 Å². The van der Waals surface area contributed by atoms with E-state index < -0.39 is 4.92 Å². The number of nitrogens with one attached hydrogen (secondary N) is 2. The smallest absolute Gasteiger partial charge is 0.293 e. The molecule has 0 bridgehead atoms. The summed E-state index contributed by atoms with van der Waals surface area (Å²) in [5.41, 5.74) is 0.192. The molecule has 2 rings (SSSR count). The fraction of sp³-hybridized carbons (Fsp3) is 0.250. The van der Waals surface area contributed by atoms with Gasteiger partial charge in [0.25, 0.3) is 5.69 Å². The first-order valence-electron chi connectivity index (χ1n) is 5.92. The monoisotopic (exact) mass is 314 g/mol. The quantitative estimate of drug-likeness (QED) is 0.640. The fourth-order valence-corrected chi connectivity index (χ4v) is 2.14. The second-order valence-corrected chi connectivity index (χ2v) is 4.93. The predicted molar refractivity (Wildman–Crippen MR) is 78.4 cm³/mol. The zero-order valence-electron chi connectivity index (χ0n) is 10.6. The number of imidazole rings is 1. The van der Waals surface area contributed by atoms with Gasteiger partial charge in [0.2, 0.25) is 0 Å². The van der Waals surface area contributed by atoms with Crippen LogP contribution < -0.4 is 5.32 Å². The molecule has 1 atom stereocenters. The van der Waals surface area contributed by atoms with Crippen molar-refractivity contribution in [1.29, 1.82) is 0 Å². The predicted octanol–water partition coefficient (Wildman–Crippen LogP) is 4.19. The highest BCUT2D eigenvalue weighted by Crippen LogP contribution is 2.35. The van der Waals surface area contributed by atoms with E-state index in [0.717, 1.165) is 0 Å². The lowest BCUT2D eigenvalue weighted by Crippen LogP contribution is -2.12. The van der Waals surface area contributed by atoms with Crippen LogP contribution in [0.15, 0.2) is 24.5 Å². The van der Waals surface area contributed by atoms with Gasteiger partial charge < -0.3 is 10.3 Å². The van der Waals surface area contributed by atoms with E-state index in [9.17, 15) is 10.1 Å². The van der Waals surface area contributed by atoms with E-state index >= 15 is 0 Å². The minimum Gasteiger partial charge on any atom is -0.370 e. The maximum absolute atomic E-state index is 11.1. The molecular weight excluding hydrogens is 303 g/mol. The lowest BCUT2D eigenvalue weighted by molar-refractivity contribution is -0.384. The molecule has 0 amide bonds. The molecule has 0 aliphatic heterocycles. The molecule has 106 valence electrons. The lowest BCUT2D eigenvalue weighted by Gasteiger charge is -2.16. The van der Waals surface area contributed by atoms with Crippen LogP contribution >= 0.6 is 23.2 Å². The minimum atomic E-state index is -0.501. The highest BCUT2D eigenvalue weighted by molar-refractivity contribution is 6.42. The summed E-state index contributed by atoms with van der Waals surface area (Å²) in [4.78, 5) is 17.7. The van der Waals surface area contributed by atoms with Crippen LogP contribution in [-0.4, -0.2) is 14.9 Å². The Kier molecular flexibility index (Phi) is 4.46. The Bertz CT molecular complexity index is 616. The molecule has 0 radical (unpaired) electrons. The summed E-state index contributed by atoms with van der Waals surface area (Å²) >= 11 is 11.7. The topological polar surface area (TPSA) is 83.8 Å². The number of rotatable bonds is 5. The highest BCUT2D eigenvalue weighted by Gasteiger charge is 2.20. The second-order valence-electron chi connectivity index (χ2n) is 4.12. The van der Waals surface area contributed by atoms with Crippen LogP contribution in [0.1, 0.15) is 25.2 Å². The standard InChI is InChI=1S/C12H12Cl2N4O2/c1-2-9(12-15-3-4-16-12)17-10-5-7(13)8(14)6-11(10)18(19)20/h3-6,9,17H,2H2,1H3,(H,15,16). The van der Waals surface area contributed by atoms with Crippen molar-refractivity contribution in [2.45, 2.75) is 19.4 Å². The highest BCUT2D eigenvalue weighted by atomic mass is 35.5. The van der Waals surface area contributed by atoms with Crippen molar-refractivity contribution in [3.05, 3.63) is 50.5 Å². The summed E-state index contributed by atoms with van der Waals surface area (Å²) < 4.78 is 0. The summed E-state index contributed by atoms with van der Waals surface area (Å²) in [6.45, 7) is 1.95. The van der Waals surface area contributed by atoms with E-state index in [1.807, 2.05) is 6.92 Å². The van der Waals surface area contributed by atoms with Crippen molar-refractivity contribution >= 4 is 34.6 Å². The Labute approximate surface area is 125 Å². The van der Waals surface area contributed by atoms with Gasteiger partial charge in [-0.15, -0.1) is 0 Å². The van der Waals surface area contributed by atoms with Gasteiger partial charge in [0.15, 0.2) is 0 Å². The molecule has 1 unspecified atom stereocenters. The van der Waals surface area contributed by atoms with Crippen molar-refractivity contribution < 1.29 is 4.92 Å². The minimum absolute atomic E-state index is 0.121. The van der Waals surface area contributed by atoms with Gasteiger partial charge in [0, 0.05) is 18.5 Å². The normalized spacial score (nSPS) is 12.2. The molecule has 0 fully saturated rings. The summed E-state index contributed by atoms with van der Waals surface area (Å²) in [5.74, 6) is 0.702. The van der Waals surface area contributed by atoms with Crippen LogP contribution in [0.3, 0.4) is 0 Å². The molecule has 0 saturated carbocycles. The van der Waals surface area contributed by atoms with Gasteiger partial charge in [-0.05, 0) is 12.5 Å². The summed E-state index contributed by atoms with van der Waals surface area (Å²) in [6, 6.07) is 2.51. The number of nitrogens with zero attached hydrogens (tertiary/aromatic N) is 2. The summed E-state index contributed by atoms with van der Waals surface area (Å²) in [5, 5.41) is 14.6. The van der Waals surface area contributed by atoms with Gasteiger partial charge in [-0.3, -0.25) is 10.1 Å². The molecule has 8 heteroatoms. The fourth-order valence-electron chi connectivity index (χ4n) is 1.82. The van der Waals surface area contributed by atoms with Crippen molar-refractivity contribution in [2.24, 2.45) is 0 Å². The van der Waals surface area contributed by atoms with E-state index in [-0.39, 0.29) is 21.8 Å². The molecule has 6 nitrogen and oxygen atoms in total. The van der Waals surface area contributed by atoms with Crippen molar-refractivity contribution in [3.8, 4) is 0 Å². The van der Waals surface area contributed by atoms with Crippen LogP contribution in [0.2, 0.25) is 10.0 Å². The number of aromatic amines is 1. The third-order valence-electron chi connectivity index (χ3n) is 2.82. The number of H-pyrrole nitrogens is 1. The molecule has 0 aliphatic rings. The molecule has 0 aliphatic carbocycles. The SMILES string of the molecule is CCC(Nc1cc(Cl)c(Cl)cc1[N+](=O)[O-])c1ncc[nH]1. The van der Waals surface area contributed by atoms with Crippen LogP contribution in [0.4, 0.5) is 11.4 Å². The third-order valence-corrected chi connectivity index (χ3v) is 3.54. The molecule has 1 aromatic heterocycles. The van der Waals surface area contributed by atoms with Crippen LogP contribution in [0, 0.1) is 10.1 Å². The number of benzene rings is 1. The molecule has 0 spiro atoms. The second kappa shape index (κ2) is 6.11.